The van der Waals surface area contributed by atoms with E-state index < -0.39 is 24.0 Å². The molecule has 2 amide bonds. The van der Waals surface area contributed by atoms with Crippen molar-refractivity contribution in [1.82, 2.24) is 15.6 Å². The number of hydrogen-bond acceptors (Lipinski definition) is 7. The van der Waals surface area contributed by atoms with Crippen LogP contribution in [0.2, 0.25) is 0 Å². The Labute approximate surface area is 204 Å². The molecule has 10 heteroatoms. The van der Waals surface area contributed by atoms with Gasteiger partial charge < -0.3 is 30.5 Å². The van der Waals surface area contributed by atoms with E-state index in [4.69, 9.17) is 14.9 Å². The lowest BCUT2D eigenvalue weighted by Gasteiger charge is -2.23. The first kappa shape index (κ1) is 27.7. The van der Waals surface area contributed by atoms with Gasteiger partial charge in [0.1, 0.15) is 12.1 Å². The topological polar surface area (TPSA) is 150 Å². The minimum atomic E-state index is -0.976. The summed E-state index contributed by atoms with van der Waals surface area (Å²) in [5, 5.41) is 13.2. The van der Waals surface area contributed by atoms with Crippen molar-refractivity contribution in [2.24, 2.45) is 0 Å². The summed E-state index contributed by atoms with van der Waals surface area (Å²) in [5.41, 5.74) is 1.78. The first-order valence-electron chi connectivity index (χ1n) is 11.7. The summed E-state index contributed by atoms with van der Waals surface area (Å²) in [6.07, 6.45) is 2.07. The van der Waals surface area contributed by atoms with Crippen LogP contribution in [-0.4, -0.2) is 66.7 Å². The van der Waals surface area contributed by atoms with Gasteiger partial charge in [-0.05, 0) is 38.3 Å². The number of Topliss-reactive ketones (excluding diaryl/α,β-unsaturated/α-hetero) is 1. The van der Waals surface area contributed by atoms with Crippen LogP contribution in [0.1, 0.15) is 45.1 Å². The lowest BCUT2D eigenvalue weighted by Crippen LogP contribution is -2.48. The number of H-pyrrole nitrogens is 1. The maximum Gasteiger partial charge on any atom is 0.328 e. The Morgan fingerprint density at radius 3 is 2.57 bits per heavy atom. The molecule has 35 heavy (non-hydrogen) atoms. The van der Waals surface area contributed by atoms with Crippen LogP contribution in [0.15, 0.2) is 30.5 Å². The molecule has 0 aliphatic carbocycles. The molecular weight excluding hydrogens is 452 g/mol. The summed E-state index contributed by atoms with van der Waals surface area (Å²) in [6, 6.07) is 6.68. The molecule has 0 unspecified atom stereocenters. The van der Waals surface area contributed by atoms with Gasteiger partial charge >= 0.3 is 5.97 Å². The van der Waals surface area contributed by atoms with Crippen LogP contribution in [0.25, 0.3) is 10.9 Å². The number of carbonyl (C=O) groups is 4. The molecule has 1 heterocycles. The van der Waals surface area contributed by atoms with Gasteiger partial charge in [0, 0.05) is 43.4 Å². The largest absolute Gasteiger partial charge is 0.461 e. The summed E-state index contributed by atoms with van der Waals surface area (Å²) in [5.74, 6) is -1.70. The van der Waals surface area contributed by atoms with Crippen LogP contribution in [0.5, 0.6) is 0 Å². The summed E-state index contributed by atoms with van der Waals surface area (Å²) >= 11 is 0. The highest BCUT2D eigenvalue weighted by molar-refractivity contribution is 6.26. The predicted molar refractivity (Wildman–Crippen MR) is 131 cm³/mol. The third-order valence-electron chi connectivity index (χ3n) is 5.33. The highest BCUT2D eigenvalue weighted by atomic mass is 16.5. The molecular formula is C25H34N4O6. The lowest BCUT2D eigenvalue weighted by molar-refractivity contribution is -0.153. The first-order valence-corrected chi connectivity index (χ1v) is 11.7. The second-order valence-corrected chi connectivity index (χ2v) is 8.40. The zero-order chi connectivity index (χ0) is 25.8. The number of hydrogen-bond donors (Lipinski definition) is 4. The van der Waals surface area contributed by atoms with E-state index in [1.54, 1.807) is 20.0 Å². The number of ketones is 1. The van der Waals surface area contributed by atoms with Crippen LogP contribution in [0.4, 0.5) is 0 Å². The fourth-order valence-corrected chi connectivity index (χ4v) is 3.53. The molecule has 190 valence electrons. The van der Waals surface area contributed by atoms with Crippen molar-refractivity contribution in [2.45, 2.75) is 64.2 Å². The van der Waals surface area contributed by atoms with Gasteiger partial charge in [-0.15, -0.1) is 0 Å². The number of aromatic amines is 1. The maximum absolute atomic E-state index is 13.2. The minimum absolute atomic E-state index is 0.0229. The summed E-state index contributed by atoms with van der Waals surface area (Å²) < 4.78 is 11.1. The Hall–Kier alpha value is -3.53. The number of carbonyl (C=O) groups excluding carboxylic acids is 4. The number of benzene rings is 1. The number of aromatic nitrogens is 1. The molecule has 0 aliphatic heterocycles. The van der Waals surface area contributed by atoms with Crippen molar-refractivity contribution in [3.8, 4) is 0 Å². The van der Waals surface area contributed by atoms with Gasteiger partial charge in [0.05, 0.1) is 18.9 Å². The van der Waals surface area contributed by atoms with E-state index in [-0.39, 0.29) is 50.1 Å². The molecule has 1 aromatic heterocycles. The lowest BCUT2D eigenvalue weighted by atomic mass is 10.0. The van der Waals surface area contributed by atoms with Crippen LogP contribution in [-0.2, 0) is 35.1 Å². The van der Waals surface area contributed by atoms with Gasteiger partial charge in [0.2, 0.25) is 11.8 Å². The molecule has 0 fully saturated rings. The molecule has 4 N–H and O–H groups in total. The Morgan fingerprint density at radius 1 is 1.14 bits per heavy atom. The van der Waals surface area contributed by atoms with E-state index in [1.807, 2.05) is 24.3 Å². The zero-order valence-corrected chi connectivity index (χ0v) is 20.4. The number of esters is 1. The highest BCUT2D eigenvalue weighted by Gasteiger charge is 2.28. The number of fused-ring (bicyclic) bond motifs is 1. The summed E-state index contributed by atoms with van der Waals surface area (Å²) in [7, 11) is 1.52. The molecule has 10 nitrogen and oxygen atoms in total. The van der Waals surface area contributed by atoms with Gasteiger partial charge in [0.25, 0.3) is 0 Å². The average Bonchev–Trinajstić information content (AvgIpc) is 3.24. The smallest absolute Gasteiger partial charge is 0.328 e. The van der Waals surface area contributed by atoms with Gasteiger partial charge in [0.15, 0.2) is 5.78 Å². The molecule has 1 aromatic carbocycles. The molecule has 2 atom stereocenters. The van der Waals surface area contributed by atoms with Crippen molar-refractivity contribution in [3.05, 3.63) is 36.0 Å². The van der Waals surface area contributed by atoms with Gasteiger partial charge in [-0.1, -0.05) is 18.2 Å². The molecule has 2 rings (SSSR count). The van der Waals surface area contributed by atoms with E-state index in [1.165, 1.54) is 7.05 Å². The quantitative estimate of drug-likeness (QED) is 0.223. The van der Waals surface area contributed by atoms with Crippen LogP contribution < -0.4 is 10.6 Å². The Balaban J connectivity index is 2.17. The standard InChI is InChI=1S/C25H34N4O6/c1-16(2)35-25(33)21(10-6-7-18(30)14-26)29-24(32)22(34-12-11-23(31)27-3)13-17-15-28-20-9-5-4-8-19(17)20/h4-5,8-9,14-16,21-22,26,28H,6-7,10-13H2,1-3H3,(H,27,31)(H,29,32)/t21-,22-/m0/s1. The van der Waals surface area contributed by atoms with E-state index in [2.05, 4.69) is 15.6 Å². The Bertz CT molecular complexity index is 1030. The van der Waals surface area contributed by atoms with Crippen molar-refractivity contribution in [2.75, 3.05) is 13.7 Å². The number of para-hydroxylation sites is 1. The number of ether oxygens (including phenoxy) is 2. The second kappa shape index (κ2) is 14.0. The van der Waals surface area contributed by atoms with Crippen molar-refractivity contribution >= 4 is 40.7 Å². The molecule has 0 spiro atoms. The van der Waals surface area contributed by atoms with E-state index in [0.29, 0.717) is 6.42 Å². The normalized spacial score (nSPS) is 12.7. The third-order valence-corrected chi connectivity index (χ3v) is 5.33. The number of nitrogens with one attached hydrogen (secondary N) is 4. The van der Waals surface area contributed by atoms with Crippen LogP contribution >= 0.6 is 0 Å². The molecule has 0 aliphatic rings. The van der Waals surface area contributed by atoms with Gasteiger partial charge in [-0.3, -0.25) is 14.4 Å². The highest BCUT2D eigenvalue weighted by Crippen LogP contribution is 2.20. The SMILES string of the molecule is CNC(=O)CCO[C@@H](Cc1c[nH]c2ccccc12)C(=O)N[C@@H](CCCC(=O)C=N)C(=O)OC(C)C. The number of rotatable bonds is 15. The molecule has 0 saturated carbocycles. The zero-order valence-electron chi connectivity index (χ0n) is 20.4. The molecule has 2 aromatic rings. The third kappa shape index (κ3) is 8.97. The average molecular weight is 487 g/mol. The summed E-state index contributed by atoms with van der Waals surface area (Å²) in [4.78, 5) is 52.1. The van der Waals surface area contributed by atoms with Gasteiger partial charge in [-0.25, -0.2) is 4.79 Å². The minimum Gasteiger partial charge on any atom is -0.461 e. The molecule has 0 saturated heterocycles. The maximum atomic E-state index is 13.2. The van der Waals surface area contributed by atoms with E-state index in [9.17, 15) is 19.2 Å². The Morgan fingerprint density at radius 2 is 1.89 bits per heavy atom. The monoisotopic (exact) mass is 486 g/mol. The van der Waals surface area contributed by atoms with Crippen molar-refractivity contribution < 1.29 is 28.7 Å². The van der Waals surface area contributed by atoms with E-state index in [0.717, 1.165) is 22.7 Å². The Kier molecular flexibility index (Phi) is 11.1. The number of amides is 2. The fourth-order valence-electron chi connectivity index (χ4n) is 3.53. The molecule has 0 bridgehead atoms. The van der Waals surface area contributed by atoms with Gasteiger partial charge in [-0.2, -0.15) is 0 Å². The summed E-state index contributed by atoms with van der Waals surface area (Å²) in [6.45, 7) is 3.43. The van der Waals surface area contributed by atoms with Crippen LogP contribution in [0, 0.1) is 5.41 Å². The predicted octanol–water partition coefficient (Wildman–Crippen LogP) is 2.06. The second-order valence-electron chi connectivity index (χ2n) is 8.40. The molecule has 0 radical (unpaired) electrons. The van der Waals surface area contributed by atoms with Crippen LogP contribution in [0.3, 0.4) is 0 Å². The fraction of sp³-hybridized carbons (Fsp3) is 0.480. The van der Waals surface area contributed by atoms with Crippen molar-refractivity contribution in [3.63, 3.8) is 0 Å². The van der Waals surface area contributed by atoms with E-state index >= 15 is 0 Å². The first-order chi connectivity index (χ1) is 16.7. The van der Waals surface area contributed by atoms with Crippen molar-refractivity contribution in [1.29, 1.82) is 5.41 Å².